The fourth-order valence-electron chi connectivity index (χ4n) is 3.69. The van der Waals surface area contributed by atoms with Crippen molar-refractivity contribution >= 4 is 29.4 Å². The normalized spacial score (nSPS) is 16.4. The molecule has 0 N–H and O–H groups in total. The van der Waals surface area contributed by atoms with Gasteiger partial charge >= 0.3 is 11.9 Å². The molecule has 32 heavy (non-hydrogen) atoms. The summed E-state index contributed by atoms with van der Waals surface area (Å²) in [5, 5.41) is 0.767. The summed E-state index contributed by atoms with van der Waals surface area (Å²) in [6, 6.07) is 17.5. The van der Waals surface area contributed by atoms with Crippen molar-refractivity contribution in [1.29, 1.82) is 0 Å². The van der Waals surface area contributed by atoms with Gasteiger partial charge in [0.2, 0.25) is 5.91 Å². The van der Waals surface area contributed by atoms with Crippen LogP contribution in [0.15, 0.2) is 60.7 Å². The van der Waals surface area contributed by atoms with Crippen LogP contribution < -0.4 is 4.90 Å². The first-order valence-corrected chi connectivity index (χ1v) is 10.5. The molecule has 0 saturated carbocycles. The zero-order valence-electron chi connectivity index (χ0n) is 18.1. The van der Waals surface area contributed by atoms with Crippen molar-refractivity contribution in [2.24, 2.45) is 11.8 Å². The minimum absolute atomic E-state index is 0.0693. The molecule has 1 aliphatic heterocycles. The Bertz CT molecular complexity index is 963. The summed E-state index contributed by atoms with van der Waals surface area (Å²) >= 11 is 0. The molecule has 1 heterocycles. The van der Waals surface area contributed by atoms with Crippen molar-refractivity contribution < 1.29 is 28.8 Å². The van der Waals surface area contributed by atoms with Crippen LogP contribution in [-0.2, 0) is 24.0 Å². The number of rotatable bonds is 7. The van der Waals surface area contributed by atoms with E-state index in [0.717, 1.165) is 10.8 Å². The van der Waals surface area contributed by atoms with Gasteiger partial charge in [-0.3, -0.25) is 14.4 Å². The lowest BCUT2D eigenvalue weighted by Gasteiger charge is -2.23. The van der Waals surface area contributed by atoms with E-state index in [2.05, 4.69) is 0 Å². The van der Waals surface area contributed by atoms with E-state index in [4.69, 9.17) is 9.57 Å². The van der Waals surface area contributed by atoms with E-state index in [1.165, 1.54) is 7.05 Å². The fourth-order valence-corrected chi connectivity index (χ4v) is 3.69. The number of para-hydroxylation sites is 1. The van der Waals surface area contributed by atoms with Gasteiger partial charge in [0.25, 0.3) is 5.91 Å². The predicted molar refractivity (Wildman–Crippen MR) is 116 cm³/mol. The lowest BCUT2D eigenvalue weighted by atomic mass is 9.93. The number of carbonyl (C=O) groups is 4. The molecule has 8 nitrogen and oxygen atoms in total. The molecular formula is C24H26N2O6. The molecule has 3 rings (SSSR count). The summed E-state index contributed by atoms with van der Waals surface area (Å²) in [4.78, 5) is 57.1. The third-order valence-electron chi connectivity index (χ3n) is 5.25. The smallest absolute Gasteiger partial charge is 0.363 e. The number of esters is 1. The molecule has 0 aromatic heterocycles. The molecule has 1 fully saturated rings. The number of ether oxygens (including phenoxy) is 1. The monoisotopic (exact) mass is 438 g/mol. The van der Waals surface area contributed by atoms with Crippen LogP contribution in [0.25, 0.3) is 0 Å². The summed E-state index contributed by atoms with van der Waals surface area (Å²) in [5.74, 6) is -3.59. The zero-order chi connectivity index (χ0) is 23.1. The lowest BCUT2D eigenvalue weighted by molar-refractivity contribution is -0.174. The van der Waals surface area contributed by atoms with E-state index in [-0.39, 0.29) is 36.8 Å². The number of benzene rings is 2. The van der Waals surface area contributed by atoms with Gasteiger partial charge in [-0.1, -0.05) is 36.4 Å². The molecule has 2 amide bonds. The van der Waals surface area contributed by atoms with Crippen LogP contribution >= 0.6 is 0 Å². The van der Waals surface area contributed by atoms with E-state index in [9.17, 15) is 19.2 Å². The van der Waals surface area contributed by atoms with Crippen LogP contribution in [0, 0.1) is 11.8 Å². The maximum atomic E-state index is 13.0. The van der Waals surface area contributed by atoms with Crippen molar-refractivity contribution in [2.45, 2.75) is 19.8 Å². The van der Waals surface area contributed by atoms with Crippen LogP contribution in [0.1, 0.15) is 30.1 Å². The van der Waals surface area contributed by atoms with Gasteiger partial charge < -0.3 is 14.5 Å². The molecule has 2 unspecified atom stereocenters. The van der Waals surface area contributed by atoms with Crippen LogP contribution in [-0.4, -0.2) is 49.0 Å². The third-order valence-corrected chi connectivity index (χ3v) is 5.25. The summed E-state index contributed by atoms with van der Waals surface area (Å²) in [6.07, 6.45) is 0.325. The number of amides is 2. The van der Waals surface area contributed by atoms with Gasteiger partial charge in [-0.15, -0.1) is 0 Å². The minimum atomic E-state index is -1.18. The highest BCUT2D eigenvalue weighted by Gasteiger charge is 2.39. The van der Waals surface area contributed by atoms with Crippen molar-refractivity contribution in [3.8, 4) is 0 Å². The molecule has 1 aliphatic rings. The SMILES string of the molecule is CCOC(=O)C(CC1CC(=O)N(c2ccccc2)C1)C(=O)N(C)OC(=O)c1ccccc1. The number of carbonyl (C=O) groups excluding carboxylic acids is 4. The Labute approximate surface area is 186 Å². The van der Waals surface area contributed by atoms with Crippen molar-refractivity contribution in [2.75, 3.05) is 25.1 Å². The highest BCUT2D eigenvalue weighted by molar-refractivity contribution is 5.99. The Balaban J connectivity index is 1.69. The zero-order valence-corrected chi connectivity index (χ0v) is 18.1. The summed E-state index contributed by atoms with van der Waals surface area (Å²) < 4.78 is 5.09. The average Bonchev–Trinajstić information content (AvgIpc) is 3.18. The first kappa shape index (κ1) is 23.0. The van der Waals surface area contributed by atoms with Gasteiger partial charge in [0.15, 0.2) is 0 Å². The molecule has 0 bridgehead atoms. The van der Waals surface area contributed by atoms with Gasteiger partial charge in [-0.2, -0.15) is 5.06 Å². The van der Waals surface area contributed by atoms with Crippen LogP contribution in [0.3, 0.4) is 0 Å². The topological polar surface area (TPSA) is 93.2 Å². The molecule has 2 aromatic rings. The predicted octanol–water partition coefficient (Wildman–Crippen LogP) is 2.84. The van der Waals surface area contributed by atoms with Gasteiger partial charge in [-0.25, -0.2) is 4.79 Å². The summed E-state index contributed by atoms with van der Waals surface area (Å²) in [6.45, 7) is 2.14. The first-order chi connectivity index (χ1) is 15.4. The first-order valence-electron chi connectivity index (χ1n) is 10.5. The molecule has 0 spiro atoms. The number of hydrogen-bond acceptors (Lipinski definition) is 6. The van der Waals surface area contributed by atoms with E-state index in [1.54, 1.807) is 42.2 Å². The van der Waals surface area contributed by atoms with Gasteiger partial charge in [0.1, 0.15) is 5.92 Å². The Hall–Kier alpha value is -3.68. The van der Waals surface area contributed by atoms with Gasteiger partial charge in [-0.05, 0) is 43.5 Å². The van der Waals surface area contributed by atoms with Crippen molar-refractivity contribution in [1.82, 2.24) is 5.06 Å². The van der Waals surface area contributed by atoms with Gasteiger partial charge in [0, 0.05) is 25.7 Å². The molecule has 2 aromatic carbocycles. The van der Waals surface area contributed by atoms with Crippen LogP contribution in [0.5, 0.6) is 0 Å². The van der Waals surface area contributed by atoms with E-state index < -0.39 is 23.8 Å². The van der Waals surface area contributed by atoms with Crippen molar-refractivity contribution in [3.63, 3.8) is 0 Å². The molecule has 168 valence electrons. The Kier molecular flexibility index (Phi) is 7.59. The van der Waals surface area contributed by atoms with Crippen LogP contribution in [0.2, 0.25) is 0 Å². The maximum Gasteiger partial charge on any atom is 0.363 e. The highest BCUT2D eigenvalue weighted by atomic mass is 16.7. The number of hydroxylamine groups is 2. The lowest BCUT2D eigenvalue weighted by Crippen LogP contribution is -2.40. The van der Waals surface area contributed by atoms with E-state index in [1.807, 2.05) is 30.3 Å². The molecule has 0 aliphatic carbocycles. The second kappa shape index (κ2) is 10.6. The number of nitrogens with zero attached hydrogens (tertiary/aromatic N) is 2. The largest absolute Gasteiger partial charge is 0.465 e. The highest BCUT2D eigenvalue weighted by Crippen LogP contribution is 2.30. The Morgan fingerprint density at radius 1 is 1.06 bits per heavy atom. The number of anilines is 1. The molecule has 2 atom stereocenters. The molecule has 0 radical (unpaired) electrons. The van der Waals surface area contributed by atoms with Crippen molar-refractivity contribution in [3.05, 3.63) is 66.2 Å². The Morgan fingerprint density at radius 3 is 2.31 bits per heavy atom. The number of hydrogen-bond donors (Lipinski definition) is 0. The molecule has 8 heteroatoms. The standard InChI is InChI=1S/C24H26N2O6/c1-3-31-24(30)20(22(28)25(2)32-23(29)18-10-6-4-7-11-18)14-17-15-21(27)26(16-17)19-12-8-5-9-13-19/h4-13,17,20H,3,14-16H2,1-2H3. The minimum Gasteiger partial charge on any atom is -0.465 e. The summed E-state index contributed by atoms with van der Waals surface area (Å²) in [5.41, 5.74) is 1.05. The molecular weight excluding hydrogens is 412 g/mol. The van der Waals surface area contributed by atoms with Crippen LogP contribution in [0.4, 0.5) is 5.69 Å². The average molecular weight is 438 g/mol. The Morgan fingerprint density at radius 2 is 1.69 bits per heavy atom. The third kappa shape index (κ3) is 5.51. The quantitative estimate of drug-likeness (QED) is 0.375. The fraction of sp³-hybridized carbons (Fsp3) is 0.333. The van der Waals surface area contributed by atoms with E-state index in [0.29, 0.717) is 6.54 Å². The summed E-state index contributed by atoms with van der Waals surface area (Å²) in [7, 11) is 1.28. The maximum absolute atomic E-state index is 13.0. The van der Waals surface area contributed by atoms with E-state index >= 15 is 0 Å². The molecule has 1 saturated heterocycles. The second-order valence-electron chi connectivity index (χ2n) is 7.53. The van der Waals surface area contributed by atoms with Gasteiger partial charge in [0.05, 0.1) is 12.2 Å². The second-order valence-corrected chi connectivity index (χ2v) is 7.53.